The number of non-ortho nitro benzene ring substituents is 1. The van der Waals surface area contributed by atoms with E-state index >= 15 is 0 Å². The highest BCUT2D eigenvalue weighted by Gasteiger charge is 2.20. The summed E-state index contributed by atoms with van der Waals surface area (Å²) >= 11 is 13.3. The van der Waals surface area contributed by atoms with E-state index in [0.717, 1.165) is 4.90 Å². The minimum atomic E-state index is -0.536. The van der Waals surface area contributed by atoms with Crippen molar-refractivity contribution < 1.29 is 9.72 Å². The Balaban J connectivity index is 2.13. The number of rotatable bonds is 6. The van der Waals surface area contributed by atoms with E-state index in [9.17, 15) is 14.9 Å². The summed E-state index contributed by atoms with van der Waals surface area (Å²) in [5, 5.41) is 14.0. The summed E-state index contributed by atoms with van der Waals surface area (Å²) in [6, 6.07) is 11.1. The number of nitrogens with one attached hydrogen (secondary N) is 1. The van der Waals surface area contributed by atoms with Gasteiger partial charge in [-0.15, -0.1) is 11.8 Å². The molecule has 0 aliphatic heterocycles. The van der Waals surface area contributed by atoms with Gasteiger partial charge in [-0.25, -0.2) is 0 Å². The van der Waals surface area contributed by atoms with Crippen molar-refractivity contribution in [3.8, 4) is 0 Å². The SMILES string of the molecule is CC[C@H](Sc1ccc(Cl)cc1)C(=O)Nc1cc([N+](=O)[O-])ccc1Cl. The van der Waals surface area contributed by atoms with Crippen LogP contribution in [0.2, 0.25) is 10.0 Å². The number of nitro benzene ring substituents is 1. The lowest BCUT2D eigenvalue weighted by molar-refractivity contribution is -0.384. The topological polar surface area (TPSA) is 72.2 Å². The molecule has 24 heavy (non-hydrogen) atoms. The molecule has 0 saturated carbocycles. The molecule has 1 atom stereocenters. The number of halogens is 2. The number of nitrogens with zero attached hydrogens (tertiary/aromatic N) is 1. The summed E-state index contributed by atoms with van der Waals surface area (Å²) in [6.07, 6.45) is 0.589. The maximum atomic E-state index is 12.5. The molecule has 0 fully saturated rings. The number of benzene rings is 2. The van der Waals surface area contributed by atoms with Crippen LogP contribution in [-0.2, 0) is 4.79 Å². The normalized spacial score (nSPS) is 11.8. The summed E-state index contributed by atoms with van der Waals surface area (Å²) in [6.45, 7) is 1.89. The minimum Gasteiger partial charge on any atom is -0.324 e. The lowest BCUT2D eigenvalue weighted by atomic mass is 10.2. The van der Waals surface area contributed by atoms with Gasteiger partial charge >= 0.3 is 0 Å². The van der Waals surface area contributed by atoms with Gasteiger partial charge in [0.1, 0.15) is 0 Å². The van der Waals surface area contributed by atoms with Crippen molar-refractivity contribution in [3.05, 3.63) is 62.6 Å². The number of thioether (sulfide) groups is 1. The van der Waals surface area contributed by atoms with E-state index in [1.165, 1.54) is 30.0 Å². The van der Waals surface area contributed by atoms with Crippen molar-refractivity contribution >= 4 is 52.2 Å². The van der Waals surface area contributed by atoms with E-state index in [1.807, 2.05) is 19.1 Å². The molecule has 0 saturated heterocycles. The van der Waals surface area contributed by atoms with Gasteiger partial charge in [-0.3, -0.25) is 14.9 Å². The molecule has 0 unspecified atom stereocenters. The quantitative estimate of drug-likeness (QED) is 0.410. The summed E-state index contributed by atoms with van der Waals surface area (Å²) in [4.78, 5) is 23.7. The van der Waals surface area contributed by atoms with Gasteiger partial charge in [0.05, 0.1) is 20.9 Å². The molecule has 5 nitrogen and oxygen atoms in total. The second-order valence-corrected chi connectivity index (χ2v) is 7.00. The zero-order chi connectivity index (χ0) is 17.7. The highest BCUT2D eigenvalue weighted by molar-refractivity contribution is 8.00. The van der Waals surface area contributed by atoms with E-state index in [2.05, 4.69) is 5.32 Å². The Morgan fingerprint density at radius 3 is 2.50 bits per heavy atom. The summed E-state index contributed by atoms with van der Waals surface area (Å²) < 4.78 is 0. The fourth-order valence-corrected chi connectivity index (χ4v) is 3.18. The Bertz CT molecular complexity index is 753. The first-order valence-corrected chi connectivity index (χ1v) is 8.71. The molecule has 126 valence electrons. The van der Waals surface area contributed by atoms with Crippen LogP contribution >= 0.6 is 35.0 Å². The average molecular weight is 385 g/mol. The van der Waals surface area contributed by atoms with Crippen molar-refractivity contribution in [2.45, 2.75) is 23.5 Å². The van der Waals surface area contributed by atoms with Crippen LogP contribution in [0.15, 0.2) is 47.4 Å². The average Bonchev–Trinajstić information content (AvgIpc) is 2.56. The Hall–Kier alpha value is -1.76. The zero-order valence-electron chi connectivity index (χ0n) is 12.7. The number of carbonyl (C=O) groups excluding carboxylic acids is 1. The Morgan fingerprint density at radius 1 is 1.25 bits per heavy atom. The van der Waals surface area contributed by atoms with Crippen LogP contribution in [0.25, 0.3) is 0 Å². The van der Waals surface area contributed by atoms with Gasteiger partial charge in [0.15, 0.2) is 0 Å². The van der Waals surface area contributed by atoms with Gasteiger partial charge in [-0.05, 0) is 36.8 Å². The third-order valence-electron chi connectivity index (χ3n) is 3.17. The van der Waals surface area contributed by atoms with Crippen molar-refractivity contribution in [1.82, 2.24) is 0 Å². The summed E-state index contributed by atoms with van der Waals surface area (Å²) in [7, 11) is 0. The van der Waals surface area contributed by atoms with Crippen molar-refractivity contribution in [2.24, 2.45) is 0 Å². The lowest BCUT2D eigenvalue weighted by Crippen LogP contribution is -2.24. The molecule has 0 heterocycles. The fraction of sp³-hybridized carbons (Fsp3) is 0.188. The van der Waals surface area contributed by atoms with E-state index < -0.39 is 4.92 Å². The first-order chi connectivity index (χ1) is 11.4. The van der Waals surface area contributed by atoms with Gasteiger partial charge in [0, 0.05) is 22.1 Å². The number of amides is 1. The van der Waals surface area contributed by atoms with Crippen molar-refractivity contribution in [1.29, 1.82) is 0 Å². The fourth-order valence-electron chi connectivity index (χ4n) is 1.94. The number of hydrogen-bond donors (Lipinski definition) is 1. The molecular formula is C16H14Cl2N2O3S. The van der Waals surface area contributed by atoms with Gasteiger partial charge in [-0.1, -0.05) is 30.1 Å². The molecule has 0 aliphatic rings. The first kappa shape index (κ1) is 18.6. The summed E-state index contributed by atoms with van der Waals surface area (Å²) in [5.41, 5.74) is 0.0964. The molecule has 0 spiro atoms. The van der Waals surface area contributed by atoms with Gasteiger partial charge < -0.3 is 5.32 Å². The number of carbonyl (C=O) groups is 1. The molecule has 2 aromatic carbocycles. The van der Waals surface area contributed by atoms with Crippen LogP contribution in [0.4, 0.5) is 11.4 Å². The predicted molar refractivity (Wildman–Crippen MR) is 98.1 cm³/mol. The Kier molecular flexibility index (Phi) is 6.48. The molecule has 2 rings (SSSR count). The number of hydrogen-bond acceptors (Lipinski definition) is 4. The largest absolute Gasteiger partial charge is 0.324 e. The molecular weight excluding hydrogens is 371 g/mol. The molecule has 0 aliphatic carbocycles. The van der Waals surface area contributed by atoms with E-state index in [1.54, 1.807) is 12.1 Å². The standard InChI is InChI=1S/C16H14Cl2N2O3S/c1-2-15(24-12-6-3-10(17)4-7-12)16(21)19-14-9-11(20(22)23)5-8-13(14)18/h3-9,15H,2H2,1H3,(H,19,21)/t15-/m0/s1. The van der Waals surface area contributed by atoms with Crippen LogP contribution in [0, 0.1) is 10.1 Å². The molecule has 0 bridgehead atoms. The monoisotopic (exact) mass is 384 g/mol. The zero-order valence-corrected chi connectivity index (χ0v) is 15.0. The summed E-state index contributed by atoms with van der Waals surface area (Å²) in [5.74, 6) is -0.264. The molecule has 1 N–H and O–H groups in total. The van der Waals surface area contributed by atoms with E-state index in [4.69, 9.17) is 23.2 Å². The first-order valence-electron chi connectivity index (χ1n) is 7.07. The Morgan fingerprint density at radius 2 is 1.92 bits per heavy atom. The van der Waals surface area contributed by atoms with Crippen LogP contribution in [0.1, 0.15) is 13.3 Å². The molecule has 2 aromatic rings. The minimum absolute atomic E-state index is 0.131. The second-order valence-electron chi connectivity index (χ2n) is 4.88. The third kappa shape index (κ3) is 4.87. The van der Waals surface area contributed by atoms with Crippen LogP contribution < -0.4 is 5.32 Å². The highest BCUT2D eigenvalue weighted by Crippen LogP contribution is 2.30. The molecule has 8 heteroatoms. The van der Waals surface area contributed by atoms with Crippen molar-refractivity contribution in [2.75, 3.05) is 5.32 Å². The Labute approximate surface area is 153 Å². The van der Waals surface area contributed by atoms with Gasteiger partial charge in [-0.2, -0.15) is 0 Å². The smallest absolute Gasteiger partial charge is 0.271 e. The third-order valence-corrected chi connectivity index (χ3v) is 5.13. The van der Waals surface area contributed by atoms with Crippen LogP contribution in [0.5, 0.6) is 0 Å². The lowest BCUT2D eigenvalue weighted by Gasteiger charge is -2.15. The van der Waals surface area contributed by atoms with E-state index in [-0.39, 0.29) is 27.6 Å². The number of nitro groups is 1. The van der Waals surface area contributed by atoms with Crippen LogP contribution in [0.3, 0.4) is 0 Å². The van der Waals surface area contributed by atoms with Gasteiger partial charge in [0.25, 0.3) is 5.69 Å². The molecule has 1 amide bonds. The van der Waals surface area contributed by atoms with Crippen LogP contribution in [-0.4, -0.2) is 16.1 Å². The van der Waals surface area contributed by atoms with Gasteiger partial charge in [0.2, 0.25) is 5.91 Å². The molecule has 0 radical (unpaired) electrons. The number of anilines is 1. The molecule has 0 aromatic heterocycles. The van der Waals surface area contributed by atoms with E-state index in [0.29, 0.717) is 11.4 Å². The maximum Gasteiger partial charge on any atom is 0.271 e. The van der Waals surface area contributed by atoms with Crippen molar-refractivity contribution in [3.63, 3.8) is 0 Å². The maximum absolute atomic E-state index is 12.5. The predicted octanol–water partition coefficient (Wildman–Crippen LogP) is 5.41. The highest BCUT2D eigenvalue weighted by atomic mass is 35.5. The second kappa shape index (κ2) is 8.37.